The van der Waals surface area contributed by atoms with Crippen LogP contribution in [-0.2, 0) is 33.9 Å². The maximum Gasteiger partial charge on any atom is 0.278 e. The van der Waals surface area contributed by atoms with Crippen LogP contribution in [0.25, 0.3) is 5.57 Å². The second-order valence-corrected chi connectivity index (χ2v) is 8.44. The topological polar surface area (TPSA) is 82.6 Å². The van der Waals surface area contributed by atoms with E-state index in [0.29, 0.717) is 41.3 Å². The van der Waals surface area contributed by atoms with Crippen molar-refractivity contribution in [1.82, 2.24) is 14.8 Å². The summed E-state index contributed by atoms with van der Waals surface area (Å²) in [6.45, 7) is 2.77. The maximum absolute atomic E-state index is 13.6. The summed E-state index contributed by atoms with van der Waals surface area (Å²) in [7, 11) is 0. The molecule has 1 aromatic heterocycles. The number of fused-ring (bicyclic) bond motifs is 1. The number of carbonyl (C=O) groups excluding carboxylic acids is 3. The lowest BCUT2D eigenvalue weighted by atomic mass is 9.97. The molecule has 0 spiro atoms. The lowest BCUT2D eigenvalue weighted by molar-refractivity contribution is -0.138. The molecule has 0 unspecified atom stereocenters. The summed E-state index contributed by atoms with van der Waals surface area (Å²) in [6.07, 6.45) is 2.45. The summed E-state index contributed by atoms with van der Waals surface area (Å²) in [5, 5.41) is 2.73. The van der Waals surface area contributed by atoms with E-state index < -0.39 is 0 Å². The summed E-state index contributed by atoms with van der Waals surface area (Å²) in [6, 6.07) is 20.7. The molecule has 34 heavy (non-hydrogen) atoms. The number of hydrogen-bond donors (Lipinski definition) is 1. The largest absolute Gasteiger partial charge is 0.362 e. The van der Waals surface area contributed by atoms with Crippen molar-refractivity contribution in [1.29, 1.82) is 0 Å². The zero-order valence-electron chi connectivity index (χ0n) is 18.8. The maximum atomic E-state index is 13.6. The lowest BCUT2D eigenvalue weighted by Gasteiger charge is -2.31. The van der Waals surface area contributed by atoms with Gasteiger partial charge in [0.15, 0.2) is 0 Å². The fraction of sp³-hybridized carbons (Fsp3) is 0.185. The molecule has 3 amide bonds. The van der Waals surface area contributed by atoms with Crippen LogP contribution in [-0.4, -0.2) is 39.1 Å². The molecule has 2 aliphatic heterocycles. The average molecular weight is 453 g/mol. The van der Waals surface area contributed by atoms with Crippen molar-refractivity contribution in [2.45, 2.75) is 26.4 Å². The molecule has 7 nitrogen and oxygen atoms in total. The predicted octanol–water partition coefficient (Wildman–Crippen LogP) is 3.38. The SMILES string of the molecule is CC(=O)Nc1ccc(C2=C(N3CCc4ccccc4C3)C(=O)N(Cc3ccccn3)C2=O)cc1. The molecule has 0 radical (unpaired) electrons. The van der Waals surface area contributed by atoms with Gasteiger partial charge in [0.05, 0.1) is 17.8 Å². The number of benzene rings is 2. The third kappa shape index (κ3) is 4.08. The molecular weight excluding hydrogens is 428 g/mol. The van der Waals surface area contributed by atoms with E-state index in [1.807, 2.05) is 23.1 Å². The minimum Gasteiger partial charge on any atom is -0.362 e. The van der Waals surface area contributed by atoms with E-state index in [0.717, 1.165) is 12.0 Å². The van der Waals surface area contributed by atoms with E-state index in [2.05, 4.69) is 22.4 Å². The molecule has 0 aliphatic carbocycles. The Morgan fingerprint density at radius 2 is 1.68 bits per heavy atom. The van der Waals surface area contributed by atoms with Gasteiger partial charge in [-0.25, -0.2) is 0 Å². The van der Waals surface area contributed by atoms with Crippen LogP contribution < -0.4 is 5.32 Å². The van der Waals surface area contributed by atoms with Crippen LogP contribution in [0.15, 0.2) is 78.6 Å². The first-order valence-electron chi connectivity index (χ1n) is 11.2. The smallest absolute Gasteiger partial charge is 0.278 e. The molecule has 2 aromatic carbocycles. The number of aromatic nitrogens is 1. The Balaban J connectivity index is 1.54. The molecule has 5 rings (SSSR count). The highest BCUT2D eigenvalue weighted by molar-refractivity contribution is 6.35. The Morgan fingerprint density at radius 1 is 0.941 bits per heavy atom. The number of pyridine rings is 1. The third-order valence-corrected chi connectivity index (χ3v) is 6.13. The van der Waals surface area contributed by atoms with Gasteiger partial charge in [0.2, 0.25) is 5.91 Å². The summed E-state index contributed by atoms with van der Waals surface area (Å²) >= 11 is 0. The molecule has 1 N–H and O–H groups in total. The van der Waals surface area contributed by atoms with Crippen LogP contribution in [0.2, 0.25) is 0 Å². The summed E-state index contributed by atoms with van der Waals surface area (Å²) in [5.41, 5.74) is 5.15. The molecule has 0 saturated heterocycles. The monoisotopic (exact) mass is 452 g/mol. The van der Waals surface area contributed by atoms with E-state index in [1.54, 1.807) is 42.6 Å². The Hall–Kier alpha value is -4.26. The second kappa shape index (κ2) is 8.94. The molecule has 7 heteroatoms. The third-order valence-electron chi connectivity index (χ3n) is 6.13. The van der Waals surface area contributed by atoms with Crippen molar-refractivity contribution in [2.75, 3.05) is 11.9 Å². The van der Waals surface area contributed by atoms with Gasteiger partial charge in [-0.05, 0) is 47.4 Å². The summed E-state index contributed by atoms with van der Waals surface area (Å²) < 4.78 is 0. The quantitative estimate of drug-likeness (QED) is 0.600. The van der Waals surface area contributed by atoms with Gasteiger partial charge < -0.3 is 10.2 Å². The van der Waals surface area contributed by atoms with Gasteiger partial charge in [0.25, 0.3) is 11.8 Å². The number of hydrogen-bond acceptors (Lipinski definition) is 5. The number of rotatable bonds is 5. The predicted molar refractivity (Wildman–Crippen MR) is 128 cm³/mol. The zero-order valence-corrected chi connectivity index (χ0v) is 18.8. The van der Waals surface area contributed by atoms with Crippen LogP contribution in [0, 0.1) is 0 Å². The highest BCUT2D eigenvalue weighted by Gasteiger charge is 2.42. The number of nitrogens with zero attached hydrogens (tertiary/aromatic N) is 3. The van der Waals surface area contributed by atoms with E-state index in [9.17, 15) is 14.4 Å². The Kier molecular flexibility index (Phi) is 5.67. The Labute approximate surface area is 197 Å². The standard InChI is InChI=1S/C27H24N4O3/c1-18(32)29-22-11-9-20(10-12-22)24-25(30-15-13-19-6-2-3-7-21(19)16-30)27(34)31(26(24)33)17-23-8-4-5-14-28-23/h2-12,14H,13,15-17H2,1H3,(H,29,32). The van der Waals surface area contributed by atoms with E-state index in [1.165, 1.54) is 17.4 Å². The minimum absolute atomic E-state index is 0.111. The number of anilines is 1. The van der Waals surface area contributed by atoms with Gasteiger partial charge in [-0.15, -0.1) is 0 Å². The van der Waals surface area contributed by atoms with Crippen LogP contribution in [0.1, 0.15) is 29.3 Å². The van der Waals surface area contributed by atoms with Crippen molar-refractivity contribution < 1.29 is 14.4 Å². The van der Waals surface area contributed by atoms with Crippen LogP contribution in [0.4, 0.5) is 5.69 Å². The molecule has 2 aliphatic rings. The van der Waals surface area contributed by atoms with Crippen molar-refractivity contribution >= 4 is 29.0 Å². The fourth-order valence-electron chi connectivity index (χ4n) is 4.52. The molecule has 0 atom stereocenters. The molecule has 0 fully saturated rings. The fourth-order valence-corrected chi connectivity index (χ4v) is 4.52. The molecule has 0 saturated carbocycles. The van der Waals surface area contributed by atoms with Crippen LogP contribution >= 0.6 is 0 Å². The lowest BCUT2D eigenvalue weighted by Crippen LogP contribution is -2.37. The van der Waals surface area contributed by atoms with E-state index in [4.69, 9.17) is 0 Å². The number of imide groups is 1. The first kappa shape index (κ1) is 21.6. The highest BCUT2D eigenvalue weighted by Crippen LogP contribution is 2.35. The Bertz CT molecular complexity index is 1300. The molecule has 3 aromatic rings. The van der Waals surface area contributed by atoms with Gasteiger partial charge in [-0.1, -0.05) is 42.5 Å². The van der Waals surface area contributed by atoms with Crippen molar-refractivity contribution in [3.05, 3.63) is 101 Å². The van der Waals surface area contributed by atoms with Gasteiger partial charge in [0.1, 0.15) is 5.70 Å². The van der Waals surface area contributed by atoms with Gasteiger partial charge in [-0.3, -0.25) is 24.3 Å². The van der Waals surface area contributed by atoms with Gasteiger partial charge in [0, 0.05) is 31.9 Å². The summed E-state index contributed by atoms with van der Waals surface area (Å²) in [4.78, 5) is 46.2. The molecule has 170 valence electrons. The van der Waals surface area contributed by atoms with E-state index in [-0.39, 0.29) is 24.3 Å². The summed E-state index contributed by atoms with van der Waals surface area (Å²) in [5.74, 6) is -0.818. The van der Waals surface area contributed by atoms with Crippen molar-refractivity contribution in [2.24, 2.45) is 0 Å². The number of amides is 3. The zero-order chi connectivity index (χ0) is 23.7. The first-order chi connectivity index (χ1) is 16.5. The average Bonchev–Trinajstić information content (AvgIpc) is 3.09. The number of carbonyl (C=O) groups is 3. The second-order valence-electron chi connectivity index (χ2n) is 8.44. The minimum atomic E-state index is -0.336. The van der Waals surface area contributed by atoms with Crippen LogP contribution in [0.5, 0.6) is 0 Å². The molecule has 0 bridgehead atoms. The van der Waals surface area contributed by atoms with Crippen LogP contribution in [0.3, 0.4) is 0 Å². The van der Waals surface area contributed by atoms with Crippen molar-refractivity contribution in [3.8, 4) is 0 Å². The normalized spacial score (nSPS) is 15.6. The van der Waals surface area contributed by atoms with Gasteiger partial charge >= 0.3 is 0 Å². The molecular formula is C27H24N4O3. The Morgan fingerprint density at radius 3 is 2.38 bits per heavy atom. The van der Waals surface area contributed by atoms with Crippen molar-refractivity contribution in [3.63, 3.8) is 0 Å². The highest BCUT2D eigenvalue weighted by atomic mass is 16.2. The number of nitrogens with one attached hydrogen (secondary N) is 1. The molecule has 3 heterocycles. The first-order valence-corrected chi connectivity index (χ1v) is 11.2. The van der Waals surface area contributed by atoms with E-state index >= 15 is 0 Å². The van der Waals surface area contributed by atoms with Gasteiger partial charge in [-0.2, -0.15) is 0 Å².